The number of amides is 1. The van der Waals surface area contributed by atoms with E-state index < -0.39 is 0 Å². The van der Waals surface area contributed by atoms with Gasteiger partial charge in [0.15, 0.2) is 11.6 Å². The number of carbonyl (C=O) groups excluding carboxylic acids is 1. The van der Waals surface area contributed by atoms with Gasteiger partial charge in [-0.2, -0.15) is 0 Å². The molecule has 1 fully saturated rings. The fourth-order valence-electron chi connectivity index (χ4n) is 3.97. The summed E-state index contributed by atoms with van der Waals surface area (Å²) < 4.78 is 5.59. The molecule has 0 bridgehead atoms. The second kappa shape index (κ2) is 9.52. The van der Waals surface area contributed by atoms with Crippen LogP contribution in [0.25, 0.3) is 0 Å². The van der Waals surface area contributed by atoms with E-state index in [-0.39, 0.29) is 11.8 Å². The van der Waals surface area contributed by atoms with E-state index >= 15 is 0 Å². The molecule has 2 aromatic carbocycles. The molecule has 5 heteroatoms. The van der Waals surface area contributed by atoms with Gasteiger partial charge in [-0.05, 0) is 43.5 Å². The fraction of sp³-hybridized carbons (Fsp3) is 0.333. The molecule has 0 atom stereocenters. The summed E-state index contributed by atoms with van der Waals surface area (Å²) in [5, 5.41) is 6.34. The lowest BCUT2D eigenvalue weighted by molar-refractivity contribution is 0.0947. The number of hydrogen-bond donors (Lipinski definition) is 2. The predicted molar refractivity (Wildman–Crippen MR) is 113 cm³/mol. The van der Waals surface area contributed by atoms with Crippen LogP contribution < -0.4 is 10.6 Å². The third kappa shape index (κ3) is 4.93. The lowest BCUT2D eigenvalue weighted by Gasteiger charge is -2.19. The highest BCUT2D eigenvalue weighted by Gasteiger charge is 2.22. The van der Waals surface area contributed by atoms with Crippen molar-refractivity contribution in [3.05, 3.63) is 89.6 Å². The van der Waals surface area contributed by atoms with E-state index in [1.807, 2.05) is 12.1 Å². The number of nitrogens with zero attached hydrogens (tertiary/aromatic N) is 1. The fourth-order valence-corrected chi connectivity index (χ4v) is 3.97. The lowest BCUT2D eigenvalue weighted by atomic mass is 9.88. The van der Waals surface area contributed by atoms with Crippen LogP contribution >= 0.6 is 0 Å². The van der Waals surface area contributed by atoms with E-state index in [0.717, 1.165) is 32.4 Å². The summed E-state index contributed by atoms with van der Waals surface area (Å²) >= 11 is 0. The molecular formula is C24H27N3O2. The Balaban J connectivity index is 1.37. The van der Waals surface area contributed by atoms with E-state index in [2.05, 4.69) is 64.1 Å². The minimum absolute atomic E-state index is 0.172. The third-order valence-electron chi connectivity index (χ3n) is 5.57. The molecule has 1 aliphatic rings. The van der Waals surface area contributed by atoms with Gasteiger partial charge >= 0.3 is 0 Å². The van der Waals surface area contributed by atoms with Gasteiger partial charge in [0.05, 0.1) is 0 Å². The van der Waals surface area contributed by atoms with Crippen molar-refractivity contribution in [2.75, 3.05) is 19.6 Å². The van der Waals surface area contributed by atoms with Gasteiger partial charge in [0, 0.05) is 18.4 Å². The van der Waals surface area contributed by atoms with Crippen LogP contribution in [0.3, 0.4) is 0 Å². The first-order valence-corrected chi connectivity index (χ1v) is 10.4. The molecule has 2 N–H and O–H groups in total. The van der Waals surface area contributed by atoms with Crippen molar-refractivity contribution in [3.8, 4) is 0 Å². The Kier molecular flexibility index (Phi) is 6.37. The van der Waals surface area contributed by atoms with Gasteiger partial charge in [0.25, 0.3) is 5.91 Å². The Hall–Kier alpha value is -2.92. The maximum atomic E-state index is 12.5. The minimum Gasteiger partial charge on any atom is -0.448 e. The molecule has 0 saturated carbocycles. The van der Waals surface area contributed by atoms with Gasteiger partial charge in [-0.1, -0.05) is 60.7 Å². The normalized spacial score (nSPS) is 14.8. The van der Waals surface area contributed by atoms with Gasteiger partial charge in [0.1, 0.15) is 6.26 Å². The molecule has 4 rings (SSSR count). The maximum absolute atomic E-state index is 12.5. The van der Waals surface area contributed by atoms with Crippen molar-refractivity contribution in [1.82, 2.24) is 15.6 Å². The highest BCUT2D eigenvalue weighted by atomic mass is 16.3. The highest BCUT2D eigenvalue weighted by Crippen LogP contribution is 2.27. The van der Waals surface area contributed by atoms with E-state index in [0.29, 0.717) is 24.0 Å². The van der Waals surface area contributed by atoms with Gasteiger partial charge in [-0.3, -0.25) is 4.79 Å². The van der Waals surface area contributed by atoms with Crippen molar-refractivity contribution >= 4 is 5.91 Å². The number of benzene rings is 2. The summed E-state index contributed by atoms with van der Waals surface area (Å²) in [6.45, 7) is 2.51. The summed E-state index contributed by atoms with van der Waals surface area (Å²) in [5.41, 5.74) is 2.87. The zero-order valence-electron chi connectivity index (χ0n) is 16.5. The van der Waals surface area contributed by atoms with Crippen LogP contribution in [0.2, 0.25) is 0 Å². The maximum Gasteiger partial charge on any atom is 0.273 e. The second-order valence-corrected chi connectivity index (χ2v) is 7.51. The Labute approximate surface area is 171 Å². The van der Waals surface area contributed by atoms with Crippen LogP contribution in [0.4, 0.5) is 0 Å². The first-order chi connectivity index (χ1) is 14.3. The molecule has 2 heterocycles. The topological polar surface area (TPSA) is 67.2 Å². The molecule has 0 spiro atoms. The number of hydrogen-bond acceptors (Lipinski definition) is 4. The standard InChI is InChI=1S/C24H27N3O2/c28-23(22-17-29-24(27-22)20-11-14-25-15-12-20)26-16-13-21(18-7-3-1-4-8-18)19-9-5-2-6-10-19/h1-10,17,20-21,25H,11-16H2,(H,26,28). The number of nitrogens with one attached hydrogen (secondary N) is 2. The minimum atomic E-state index is -0.172. The van der Waals surface area contributed by atoms with E-state index in [1.165, 1.54) is 17.4 Å². The quantitative estimate of drug-likeness (QED) is 0.639. The smallest absolute Gasteiger partial charge is 0.273 e. The first kappa shape index (κ1) is 19.4. The largest absolute Gasteiger partial charge is 0.448 e. The zero-order valence-corrected chi connectivity index (χ0v) is 16.5. The van der Waals surface area contributed by atoms with Gasteiger partial charge < -0.3 is 15.1 Å². The molecule has 1 saturated heterocycles. The van der Waals surface area contributed by atoms with Crippen molar-refractivity contribution in [2.24, 2.45) is 0 Å². The Bertz CT molecular complexity index is 863. The number of piperidine rings is 1. The van der Waals surface area contributed by atoms with Crippen LogP contribution in [-0.2, 0) is 0 Å². The molecular weight excluding hydrogens is 362 g/mol. The molecule has 150 valence electrons. The number of aromatic nitrogens is 1. The molecule has 3 aromatic rings. The van der Waals surface area contributed by atoms with Crippen LogP contribution in [-0.4, -0.2) is 30.5 Å². The Morgan fingerprint density at radius 1 is 1.03 bits per heavy atom. The number of carbonyl (C=O) groups is 1. The first-order valence-electron chi connectivity index (χ1n) is 10.4. The lowest BCUT2D eigenvalue weighted by Crippen LogP contribution is -2.27. The Morgan fingerprint density at radius 3 is 2.28 bits per heavy atom. The summed E-state index contributed by atoms with van der Waals surface area (Å²) in [7, 11) is 0. The summed E-state index contributed by atoms with van der Waals surface area (Å²) in [6, 6.07) is 20.8. The SMILES string of the molecule is O=C(NCCC(c1ccccc1)c1ccccc1)c1coc(C2CCNCC2)n1. The molecule has 1 amide bonds. The van der Waals surface area contributed by atoms with E-state index in [9.17, 15) is 4.79 Å². The molecule has 5 nitrogen and oxygen atoms in total. The van der Waals surface area contributed by atoms with Gasteiger partial charge in [-0.25, -0.2) is 4.98 Å². The van der Waals surface area contributed by atoms with Gasteiger partial charge in [0.2, 0.25) is 0 Å². The molecule has 29 heavy (non-hydrogen) atoms. The van der Waals surface area contributed by atoms with Crippen molar-refractivity contribution in [3.63, 3.8) is 0 Å². The summed E-state index contributed by atoms with van der Waals surface area (Å²) in [6.07, 6.45) is 4.30. The highest BCUT2D eigenvalue weighted by molar-refractivity contribution is 5.91. The predicted octanol–water partition coefficient (Wildman–Crippen LogP) is 4.09. The monoisotopic (exact) mass is 389 g/mol. The van der Waals surface area contributed by atoms with Crippen molar-refractivity contribution in [2.45, 2.75) is 31.1 Å². The average molecular weight is 389 g/mol. The third-order valence-corrected chi connectivity index (χ3v) is 5.57. The van der Waals surface area contributed by atoms with Crippen LogP contribution in [0.15, 0.2) is 71.3 Å². The number of oxazole rings is 1. The van der Waals surface area contributed by atoms with Gasteiger partial charge in [-0.15, -0.1) is 0 Å². The van der Waals surface area contributed by atoms with Crippen LogP contribution in [0.1, 0.15) is 58.6 Å². The van der Waals surface area contributed by atoms with E-state index in [4.69, 9.17) is 4.42 Å². The summed E-state index contributed by atoms with van der Waals surface area (Å²) in [5.74, 6) is 1.05. The van der Waals surface area contributed by atoms with Crippen molar-refractivity contribution < 1.29 is 9.21 Å². The average Bonchev–Trinajstić information content (AvgIpc) is 3.29. The van der Waals surface area contributed by atoms with Crippen molar-refractivity contribution in [1.29, 1.82) is 0 Å². The molecule has 0 unspecified atom stereocenters. The van der Waals surface area contributed by atoms with Crippen LogP contribution in [0.5, 0.6) is 0 Å². The zero-order chi connectivity index (χ0) is 19.9. The Morgan fingerprint density at radius 2 is 1.66 bits per heavy atom. The van der Waals surface area contributed by atoms with Crippen LogP contribution in [0, 0.1) is 0 Å². The second-order valence-electron chi connectivity index (χ2n) is 7.51. The molecule has 1 aromatic heterocycles. The van der Waals surface area contributed by atoms with E-state index in [1.54, 1.807) is 0 Å². The molecule has 0 aliphatic carbocycles. The molecule has 1 aliphatic heterocycles. The molecule has 0 radical (unpaired) electrons. The summed E-state index contributed by atoms with van der Waals surface area (Å²) in [4.78, 5) is 17.0. The number of rotatable bonds is 7.